The predicted octanol–water partition coefficient (Wildman–Crippen LogP) is 6.61. The first-order valence-corrected chi connectivity index (χ1v) is 15.3. The number of hydrogen-bond acceptors (Lipinski definition) is 6. The number of rotatable bonds is 12. The Kier molecular flexibility index (Phi) is 8.90. The van der Waals surface area contributed by atoms with E-state index in [-0.39, 0.29) is 26.4 Å². The molecule has 0 aromatic heterocycles. The molecule has 0 amide bonds. The van der Waals surface area contributed by atoms with Gasteiger partial charge in [-0.2, -0.15) is 0 Å². The molecule has 5 aromatic rings. The maximum atomic E-state index is 9.77. The van der Waals surface area contributed by atoms with E-state index in [0.717, 1.165) is 27.8 Å². The lowest BCUT2D eigenvalue weighted by Crippen LogP contribution is -2.29. The maximum absolute atomic E-state index is 9.77. The minimum atomic E-state index is -0.680. The monoisotopic (exact) mass is 602 g/mol. The van der Waals surface area contributed by atoms with Crippen molar-refractivity contribution >= 4 is 0 Å². The Morgan fingerprint density at radius 1 is 0.556 bits per heavy atom. The van der Waals surface area contributed by atoms with E-state index < -0.39 is 17.6 Å². The molecule has 45 heavy (non-hydrogen) atoms. The van der Waals surface area contributed by atoms with Gasteiger partial charge in [-0.1, -0.05) is 78.9 Å². The molecule has 0 saturated heterocycles. The van der Waals surface area contributed by atoms with Crippen LogP contribution in [0.1, 0.15) is 36.1 Å². The zero-order valence-corrected chi connectivity index (χ0v) is 25.5. The summed E-state index contributed by atoms with van der Waals surface area (Å²) in [5, 5.41) is 28.7. The molecule has 1 aliphatic carbocycles. The van der Waals surface area contributed by atoms with Crippen LogP contribution in [0.25, 0.3) is 22.3 Å². The summed E-state index contributed by atoms with van der Waals surface area (Å²) in [4.78, 5) is 0. The van der Waals surface area contributed by atoms with Crippen molar-refractivity contribution in [3.63, 3.8) is 0 Å². The average Bonchev–Trinajstić information content (AvgIpc) is 3.37. The van der Waals surface area contributed by atoms with Gasteiger partial charge in [0, 0.05) is 0 Å². The van der Waals surface area contributed by atoms with E-state index in [1.807, 2.05) is 36.4 Å². The van der Waals surface area contributed by atoms with E-state index in [9.17, 15) is 15.3 Å². The van der Waals surface area contributed by atoms with E-state index in [1.165, 1.54) is 16.7 Å². The van der Waals surface area contributed by atoms with E-state index in [4.69, 9.17) is 14.2 Å². The van der Waals surface area contributed by atoms with Crippen LogP contribution in [0.3, 0.4) is 0 Å². The molecule has 6 heteroatoms. The molecule has 5 aromatic carbocycles. The molecule has 2 unspecified atom stereocenters. The number of ether oxygens (including phenoxy) is 3. The van der Waals surface area contributed by atoms with E-state index in [2.05, 4.69) is 78.9 Å². The molecule has 0 saturated carbocycles. The zero-order valence-electron chi connectivity index (χ0n) is 25.5. The molecule has 0 aliphatic heterocycles. The summed E-state index contributed by atoms with van der Waals surface area (Å²) in [6.07, 6.45) is -1.13. The fourth-order valence-electron chi connectivity index (χ4n) is 6.30. The summed E-state index contributed by atoms with van der Waals surface area (Å²) in [5.74, 6) is 2.08. The molecule has 6 nitrogen and oxygen atoms in total. The van der Waals surface area contributed by atoms with Gasteiger partial charge in [0.25, 0.3) is 0 Å². The van der Waals surface area contributed by atoms with Gasteiger partial charge < -0.3 is 29.5 Å². The SMILES string of the molecule is CC(O)COc1ccc(C2(c3ccc(OCC(C)O)cc3)c3ccccc3-c3cccc(-c4ccc(OCCO)cc4)c32)cc1. The molecule has 6 rings (SSSR count). The van der Waals surface area contributed by atoms with Gasteiger partial charge in [-0.3, -0.25) is 0 Å². The molecule has 230 valence electrons. The van der Waals surface area contributed by atoms with Crippen molar-refractivity contribution in [3.05, 3.63) is 138 Å². The van der Waals surface area contributed by atoms with Crippen molar-refractivity contribution in [2.45, 2.75) is 31.5 Å². The van der Waals surface area contributed by atoms with Crippen LogP contribution in [0.15, 0.2) is 115 Å². The lowest BCUT2D eigenvalue weighted by molar-refractivity contribution is 0.122. The van der Waals surface area contributed by atoms with Gasteiger partial charge in [-0.05, 0) is 94.8 Å². The van der Waals surface area contributed by atoms with Crippen LogP contribution < -0.4 is 14.2 Å². The Hall–Kier alpha value is -4.62. The lowest BCUT2D eigenvalue weighted by Gasteiger charge is -2.35. The second kappa shape index (κ2) is 13.2. The first kappa shape index (κ1) is 30.4. The fraction of sp³-hybridized carbons (Fsp3) is 0.231. The molecular formula is C39H38O6. The smallest absolute Gasteiger partial charge is 0.119 e. The summed E-state index contributed by atoms with van der Waals surface area (Å²) >= 11 is 0. The summed E-state index contributed by atoms with van der Waals surface area (Å²) in [5.41, 5.74) is 8.29. The number of hydrogen-bond donors (Lipinski definition) is 3. The van der Waals surface area contributed by atoms with Crippen molar-refractivity contribution in [1.82, 2.24) is 0 Å². The van der Waals surface area contributed by atoms with Crippen LogP contribution >= 0.6 is 0 Å². The highest BCUT2D eigenvalue weighted by Crippen LogP contribution is 2.58. The van der Waals surface area contributed by atoms with Crippen molar-refractivity contribution in [2.24, 2.45) is 0 Å². The normalized spacial score (nSPS) is 16.4. The van der Waals surface area contributed by atoms with Gasteiger partial charge >= 0.3 is 0 Å². The highest BCUT2D eigenvalue weighted by molar-refractivity contribution is 5.92. The van der Waals surface area contributed by atoms with Gasteiger partial charge in [-0.25, -0.2) is 0 Å². The third-order valence-electron chi connectivity index (χ3n) is 8.14. The first-order chi connectivity index (χ1) is 21.9. The minimum absolute atomic E-state index is 0.0412. The second-order valence-corrected chi connectivity index (χ2v) is 11.5. The van der Waals surface area contributed by atoms with E-state index in [0.29, 0.717) is 17.2 Å². The summed E-state index contributed by atoms with van der Waals surface area (Å²) in [7, 11) is 0. The number of aliphatic hydroxyl groups is 3. The van der Waals surface area contributed by atoms with Gasteiger partial charge in [0.2, 0.25) is 0 Å². The predicted molar refractivity (Wildman–Crippen MR) is 176 cm³/mol. The van der Waals surface area contributed by atoms with Crippen molar-refractivity contribution < 1.29 is 29.5 Å². The quantitative estimate of drug-likeness (QED) is 0.146. The third-order valence-corrected chi connectivity index (χ3v) is 8.14. The Labute approximate surface area is 264 Å². The van der Waals surface area contributed by atoms with Crippen LogP contribution in [0.5, 0.6) is 17.2 Å². The number of fused-ring (bicyclic) bond motifs is 3. The number of aliphatic hydroxyl groups excluding tert-OH is 3. The molecule has 0 fully saturated rings. The van der Waals surface area contributed by atoms with Gasteiger partial charge in [0.1, 0.15) is 37.1 Å². The summed E-state index contributed by atoms with van der Waals surface area (Å²) in [6.45, 7) is 4.04. The Morgan fingerprint density at radius 3 is 1.60 bits per heavy atom. The molecule has 2 atom stereocenters. The van der Waals surface area contributed by atoms with Crippen molar-refractivity contribution in [3.8, 4) is 39.5 Å². The van der Waals surface area contributed by atoms with Crippen molar-refractivity contribution in [1.29, 1.82) is 0 Å². The highest BCUT2D eigenvalue weighted by atomic mass is 16.5. The Morgan fingerprint density at radius 2 is 1.04 bits per heavy atom. The van der Waals surface area contributed by atoms with E-state index in [1.54, 1.807) is 13.8 Å². The zero-order chi connectivity index (χ0) is 31.4. The van der Waals surface area contributed by atoms with Crippen LogP contribution in [-0.4, -0.2) is 54.0 Å². The van der Waals surface area contributed by atoms with Gasteiger partial charge in [0.05, 0.1) is 24.2 Å². The fourth-order valence-corrected chi connectivity index (χ4v) is 6.30. The standard InChI is InChI=1S/C39H38O6/c1-26(41)24-44-32-18-12-29(13-19-32)39(30-14-20-33(21-15-30)45-25-27(2)42)37-9-4-3-6-35(37)36-8-5-7-34(38(36)39)28-10-16-31(17-11-28)43-23-22-40/h3-21,26-27,40-42H,22-25H2,1-2H3. The van der Waals surface area contributed by atoms with E-state index >= 15 is 0 Å². The van der Waals surface area contributed by atoms with Crippen LogP contribution in [0.4, 0.5) is 0 Å². The first-order valence-electron chi connectivity index (χ1n) is 15.3. The van der Waals surface area contributed by atoms with Crippen molar-refractivity contribution in [2.75, 3.05) is 26.4 Å². The molecular weight excluding hydrogens is 564 g/mol. The topological polar surface area (TPSA) is 88.4 Å². The maximum Gasteiger partial charge on any atom is 0.119 e. The molecule has 0 bridgehead atoms. The highest BCUT2D eigenvalue weighted by Gasteiger charge is 2.47. The summed E-state index contributed by atoms with van der Waals surface area (Å²) < 4.78 is 17.3. The second-order valence-electron chi connectivity index (χ2n) is 11.5. The molecule has 1 aliphatic rings. The Bertz CT molecular complexity index is 1670. The molecule has 0 radical (unpaired) electrons. The van der Waals surface area contributed by atoms with Gasteiger partial charge in [0.15, 0.2) is 0 Å². The van der Waals surface area contributed by atoms with Crippen LogP contribution in [-0.2, 0) is 5.41 Å². The van der Waals surface area contributed by atoms with Gasteiger partial charge in [-0.15, -0.1) is 0 Å². The van der Waals surface area contributed by atoms with Crippen LogP contribution in [0, 0.1) is 0 Å². The molecule has 0 heterocycles. The lowest BCUT2D eigenvalue weighted by atomic mass is 9.66. The number of benzene rings is 5. The largest absolute Gasteiger partial charge is 0.491 e. The summed E-state index contributed by atoms with van der Waals surface area (Å²) in [6, 6.07) is 39.4. The Balaban J connectivity index is 1.57. The van der Waals surface area contributed by atoms with Crippen LogP contribution in [0.2, 0.25) is 0 Å². The third kappa shape index (κ3) is 5.92. The molecule has 0 spiro atoms. The minimum Gasteiger partial charge on any atom is -0.491 e. The molecule has 3 N–H and O–H groups in total. The average molecular weight is 603 g/mol.